The first-order valence-corrected chi connectivity index (χ1v) is 12.4. The second kappa shape index (κ2) is 10.9. The highest BCUT2D eigenvalue weighted by Crippen LogP contribution is 2.32. The molecule has 6 nitrogen and oxygen atoms in total. The van der Waals surface area contributed by atoms with Crippen LogP contribution in [0.5, 0.6) is 0 Å². The van der Waals surface area contributed by atoms with E-state index in [1.54, 1.807) is 0 Å². The fourth-order valence-electron chi connectivity index (χ4n) is 5.53. The maximum absolute atomic E-state index is 6.15. The number of fused-ring (bicyclic) bond motifs is 2. The van der Waals surface area contributed by atoms with Gasteiger partial charge in [0.15, 0.2) is 5.96 Å². The quantitative estimate of drug-likeness (QED) is 0.399. The van der Waals surface area contributed by atoms with Gasteiger partial charge >= 0.3 is 0 Å². The summed E-state index contributed by atoms with van der Waals surface area (Å²) in [7, 11) is 4.20. The molecule has 3 aliphatic heterocycles. The molecule has 0 spiro atoms. The minimum absolute atomic E-state index is 0.553. The van der Waals surface area contributed by atoms with Gasteiger partial charge in [-0.1, -0.05) is 24.1 Å². The standard InChI is InChI=1S/C24H39ClN6/c1-26-24(28-20-17-21-7-4-8-22(18-20)29(21)2)27-10-5-11-30-12-14-31(15-13-30)23-9-3-6-19(25)16-23/h3,6,9,16,20-22H,4-5,7-8,10-15,17-18H2,1-2H3,(H2,26,27,28). The Labute approximate surface area is 193 Å². The summed E-state index contributed by atoms with van der Waals surface area (Å²) in [6.07, 6.45) is 7.71. The molecule has 0 radical (unpaired) electrons. The summed E-state index contributed by atoms with van der Waals surface area (Å²) in [6, 6.07) is 10.2. The van der Waals surface area contributed by atoms with Crippen LogP contribution in [0.25, 0.3) is 0 Å². The monoisotopic (exact) mass is 446 g/mol. The predicted octanol–water partition coefficient (Wildman–Crippen LogP) is 3.03. The number of aliphatic imine (C=N–C) groups is 1. The Kier molecular flexibility index (Phi) is 7.96. The highest BCUT2D eigenvalue weighted by molar-refractivity contribution is 6.30. The van der Waals surface area contributed by atoms with Crippen LogP contribution in [-0.4, -0.2) is 87.2 Å². The summed E-state index contributed by atoms with van der Waals surface area (Å²) in [4.78, 5) is 12.1. The van der Waals surface area contributed by atoms with Crippen molar-refractivity contribution < 1.29 is 0 Å². The van der Waals surface area contributed by atoms with E-state index in [1.165, 1.54) is 37.8 Å². The van der Waals surface area contributed by atoms with Gasteiger partial charge in [-0.3, -0.25) is 9.89 Å². The van der Waals surface area contributed by atoms with Crippen LogP contribution in [-0.2, 0) is 0 Å². The molecule has 2 atom stereocenters. The number of benzene rings is 1. The van der Waals surface area contributed by atoms with Gasteiger partial charge in [-0.25, -0.2) is 0 Å². The van der Waals surface area contributed by atoms with Gasteiger partial charge in [0.1, 0.15) is 0 Å². The average Bonchev–Trinajstić information content (AvgIpc) is 2.77. The molecule has 0 aliphatic carbocycles. The molecule has 4 rings (SSSR count). The number of piperazine rings is 1. The van der Waals surface area contributed by atoms with Crippen molar-refractivity contribution in [2.24, 2.45) is 4.99 Å². The van der Waals surface area contributed by atoms with E-state index in [-0.39, 0.29) is 0 Å². The summed E-state index contributed by atoms with van der Waals surface area (Å²) in [5, 5.41) is 8.07. The Morgan fingerprint density at radius 2 is 1.87 bits per heavy atom. The molecule has 172 valence electrons. The minimum atomic E-state index is 0.553. The van der Waals surface area contributed by atoms with Gasteiger partial charge < -0.3 is 20.4 Å². The first kappa shape index (κ1) is 22.7. The highest BCUT2D eigenvalue weighted by Gasteiger charge is 2.36. The van der Waals surface area contributed by atoms with Crippen molar-refractivity contribution in [1.29, 1.82) is 0 Å². The molecule has 1 aromatic carbocycles. The molecule has 0 amide bonds. The lowest BCUT2D eigenvalue weighted by molar-refractivity contribution is 0.0526. The zero-order valence-corrected chi connectivity index (χ0v) is 19.9. The normalized spacial score (nSPS) is 27.9. The van der Waals surface area contributed by atoms with E-state index < -0.39 is 0 Å². The van der Waals surface area contributed by atoms with Crippen LogP contribution in [0.1, 0.15) is 38.5 Å². The van der Waals surface area contributed by atoms with Gasteiger partial charge in [-0.05, 0) is 63.9 Å². The topological polar surface area (TPSA) is 46.1 Å². The summed E-state index contributed by atoms with van der Waals surface area (Å²) >= 11 is 6.15. The van der Waals surface area contributed by atoms with E-state index in [4.69, 9.17) is 11.6 Å². The number of hydrogen-bond acceptors (Lipinski definition) is 4. The molecule has 2 bridgehead atoms. The van der Waals surface area contributed by atoms with Crippen molar-refractivity contribution in [2.75, 3.05) is 58.3 Å². The number of halogens is 1. The molecule has 3 saturated heterocycles. The van der Waals surface area contributed by atoms with Crippen molar-refractivity contribution in [3.8, 4) is 0 Å². The Morgan fingerprint density at radius 1 is 1.13 bits per heavy atom. The van der Waals surface area contributed by atoms with E-state index in [0.29, 0.717) is 6.04 Å². The number of rotatable bonds is 6. The van der Waals surface area contributed by atoms with Crippen LogP contribution >= 0.6 is 11.6 Å². The number of hydrogen-bond donors (Lipinski definition) is 2. The van der Waals surface area contributed by atoms with Crippen LogP contribution in [0.2, 0.25) is 5.02 Å². The van der Waals surface area contributed by atoms with E-state index in [9.17, 15) is 0 Å². The smallest absolute Gasteiger partial charge is 0.191 e. The van der Waals surface area contributed by atoms with Crippen LogP contribution in [0.3, 0.4) is 0 Å². The number of anilines is 1. The summed E-state index contributed by atoms with van der Waals surface area (Å²) in [5.41, 5.74) is 1.24. The maximum atomic E-state index is 6.15. The zero-order valence-electron chi connectivity index (χ0n) is 19.2. The molecular weight excluding hydrogens is 408 g/mol. The van der Waals surface area contributed by atoms with Gasteiger partial charge in [0, 0.05) is 68.6 Å². The number of nitrogens with zero attached hydrogens (tertiary/aromatic N) is 4. The van der Waals surface area contributed by atoms with Crippen LogP contribution in [0.15, 0.2) is 29.3 Å². The predicted molar refractivity (Wildman–Crippen MR) is 131 cm³/mol. The second-order valence-electron chi connectivity index (χ2n) is 9.38. The third-order valence-electron chi connectivity index (χ3n) is 7.39. The number of nitrogens with one attached hydrogen (secondary N) is 2. The highest BCUT2D eigenvalue weighted by atomic mass is 35.5. The van der Waals surface area contributed by atoms with Crippen molar-refractivity contribution in [3.63, 3.8) is 0 Å². The molecule has 31 heavy (non-hydrogen) atoms. The van der Waals surface area contributed by atoms with Crippen molar-refractivity contribution in [2.45, 2.75) is 56.7 Å². The third kappa shape index (κ3) is 6.05. The van der Waals surface area contributed by atoms with E-state index in [1.807, 2.05) is 19.2 Å². The van der Waals surface area contributed by atoms with E-state index >= 15 is 0 Å². The van der Waals surface area contributed by atoms with Gasteiger partial charge in [-0.2, -0.15) is 0 Å². The minimum Gasteiger partial charge on any atom is -0.369 e. The van der Waals surface area contributed by atoms with E-state index in [2.05, 4.69) is 49.5 Å². The first-order chi connectivity index (χ1) is 15.1. The Morgan fingerprint density at radius 3 is 2.55 bits per heavy atom. The Bertz CT molecular complexity index is 719. The Balaban J connectivity index is 1.13. The fourth-order valence-corrected chi connectivity index (χ4v) is 5.72. The van der Waals surface area contributed by atoms with Gasteiger partial charge in [-0.15, -0.1) is 0 Å². The number of piperidine rings is 2. The first-order valence-electron chi connectivity index (χ1n) is 12.0. The third-order valence-corrected chi connectivity index (χ3v) is 7.63. The molecule has 2 unspecified atom stereocenters. The molecular formula is C24H39ClN6. The van der Waals surface area contributed by atoms with E-state index in [0.717, 1.165) is 68.8 Å². The van der Waals surface area contributed by atoms with Crippen molar-refractivity contribution >= 4 is 23.2 Å². The zero-order chi connectivity index (χ0) is 21.6. The maximum Gasteiger partial charge on any atom is 0.191 e. The molecule has 1 aromatic rings. The molecule has 2 N–H and O–H groups in total. The lowest BCUT2D eigenvalue weighted by Gasteiger charge is -2.47. The van der Waals surface area contributed by atoms with Crippen LogP contribution in [0.4, 0.5) is 5.69 Å². The summed E-state index contributed by atoms with van der Waals surface area (Å²) < 4.78 is 0. The second-order valence-corrected chi connectivity index (χ2v) is 9.81. The molecule has 0 aromatic heterocycles. The van der Waals surface area contributed by atoms with Gasteiger partial charge in [0.2, 0.25) is 0 Å². The molecule has 7 heteroatoms. The molecule has 0 saturated carbocycles. The van der Waals surface area contributed by atoms with Gasteiger partial charge in [0.25, 0.3) is 0 Å². The van der Waals surface area contributed by atoms with Gasteiger partial charge in [0.05, 0.1) is 0 Å². The lowest BCUT2D eigenvalue weighted by Crippen LogP contribution is -2.56. The van der Waals surface area contributed by atoms with Crippen LogP contribution < -0.4 is 15.5 Å². The number of guanidine groups is 1. The van der Waals surface area contributed by atoms with Crippen molar-refractivity contribution in [3.05, 3.63) is 29.3 Å². The average molecular weight is 447 g/mol. The van der Waals surface area contributed by atoms with Crippen molar-refractivity contribution in [1.82, 2.24) is 20.4 Å². The van der Waals surface area contributed by atoms with Crippen LogP contribution in [0, 0.1) is 0 Å². The lowest BCUT2D eigenvalue weighted by atomic mass is 9.82. The molecule has 3 heterocycles. The molecule has 3 aliphatic rings. The summed E-state index contributed by atoms with van der Waals surface area (Å²) in [6.45, 7) is 6.44. The molecule has 3 fully saturated rings. The SMILES string of the molecule is CN=C(NCCCN1CCN(c2cccc(Cl)c2)CC1)NC1CC2CCCC(C1)N2C. The Hall–Kier alpha value is -1.50. The fraction of sp³-hybridized carbons (Fsp3) is 0.708. The largest absolute Gasteiger partial charge is 0.369 e. The summed E-state index contributed by atoms with van der Waals surface area (Å²) in [5.74, 6) is 0.971.